The quantitative estimate of drug-likeness (QED) is 0.452. The summed E-state index contributed by atoms with van der Waals surface area (Å²) in [5.74, 6) is 1.34. The van der Waals surface area contributed by atoms with Gasteiger partial charge in [0.2, 0.25) is 0 Å². The van der Waals surface area contributed by atoms with Gasteiger partial charge in [0.25, 0.3) is 5.56 Å². The number of ether oxygens (including phenoxy) is 1. The molecule has 1 saturated heterocycles. The number of aromatic nitrogens is 1. The second kappa shape index (κ2) is 10.7. The zero-order valence-electron chi connectivity index (χ0n) is 22.6. The highest BCUT2D eigenvalue weighted by atomic mass is 32.1. The Hall–Kier alpha value is -3.43. The number of hydrogen-bond donors (Lipinski definition) is 0. The largest absolute Gasteiger partial charge is 0.463 e. The number of piperazine rings is 1. The van der Waals surface area contributed by atoms with E-state index in [2.05, 4.69) is 47.8 Å². The van der Waals surface area contributed by atoms with Crippen LogP contribution in [0.1, 0.15) is 56.5 Å². The predicted molar refractivity (Wildman–Crippen MR) is 149 cm³/mol. The molecule has 0 saturated carbocycles. The lowest BCUT2D eigenvalue weighted by molar-refractivity contribution is -0.139. The number of thiazole rings is 1. The SMILES string of the molecule is CCOC(=O)C1=C(C)N=c2sc(=Cc3ccc(N4CCN(C)CC4)o3)c(=O)n2[C@H]1c1ccc(C(C)C)cc1. The molecule has 1 fully saturated rings. The Bertz CT molecular complexity index is 1540. The lowest BCUT2D eigenvalue weighted by Gasteiger charge is -2.32. The third kappa shape index (κ3) is 5.00. The Labute approximate surface area is 226 Å². The molecule has 1 aromatic carbocycles. The maximum atomic E-state index is 13.8. The van der Waals surface area contributed by atoms with Crippen molar-refractivity contribution in [1.82, 2.24) is 9.47 Å². The van der Waals surface area contributed by atoms with Crippen LogP contribution in [0.3, 0.4) is 0 Å². The molecule has 0 unspecified atom stereocenters. The van der Waals surface area contributed by atoms with E-state index < -0.39 is 12.0 Å². The van der Waals surface area contributed by atoms with Crippen molar-refractivity contribution in [2.45, 2.75) is 39.7 Å². The van der Waals surface area contributed by atoms with Crippen LogP contribution < -0.4 is 19.8 Å². The van der Waals surface area contributed by atoms with Crippen LogP contribution in [0.2, 0.25) is 0 Å². The van der Waals surface area contributed by atoms with E-state index in [9.17, 15) is 9.59 Å². The Balaban J connectivity index is 1.57. The number of carbonyl (C=O) groups is 1. The summed E-state index contributed by atoms with van der Waals surface area (Å²) in [6.45, 7) is 11.8. The fourth-order valence-corrected chi connectivity index (χ4v) is 5.94. The summed E-state index contributed by atoms with van der Waals surface area (Å²) >= 11 is 1.30. The van der Waals surface area contributed by atoms with Gasteiger partial charge in [-0.15, -0.1) is 0 Å². The third-order valence-corrected chi connectivity index (χ3v) is 8.12. The second-order valence-electron chi connectivity index (χ2n) is 10.1. The lowest BCUT2D eigenvalue weighted by atomic mass is 9.93. The first-order chi connectivity index (χ1) is 18.3. The summed E-state index contributed by atoms with van der Waals surface area (Å²) in [5.41, 5.74) is 2.77. The van der Waals surface area contributed by atoms with Crippen molar-refractivity contribution in [2.24, 2.45) is 4.99 Å². The number of esters is 1. The Morgan fingerprint density at radius 3 is 2.53 bits per heavy atom. The molecule has 0 aliphatic carbocycles. The molecule has 8 nitrogen and oxygen atoms in total. The molecule has 0 radical (unpaired) electrons. The number of anilines is 1. The minimum Gasteiger partial charge on any atom is -0.463 e. The fraction of sp³-hybridized carbons (Fsp3) is 0.414. The maximum Gasteiger partial charge on any atom is 0.338 e. The van der Waals surface area contributed by atoms with Gasteiger partial charge < -0.3 is 19.0 Å². The van der Waals surface area contributed by atoms with Crippen molar-refractivity contribution in [2.75, 3.05) is 44.7 Å². The molecule has 0 N–H and O–H groups in total. The van der Waals surface area contributed by atoms with E-state index in [-0.39, 0.29) is 12.2 Å². The highest BCUT2D eigenvalue weighted by Crippen LogP contribution is 2.31. The van der Waals surface area contributed by atoms with Gasteiger partial charge in [0.1, 0.15) is 5.76 Å². The van der Waals surface area contributed by atoms with E-state index in [0.717, 1.165) is 37.6 Å². The van der Waals surface area contributed by atoms with E-state index in [1.54, 1.807) is 24.5 Å². The first-order valence-electron chi connectivity index (χ1n) is 13.1. The standard InChI is InChI=1S/C29H34N4O4S/c1-6-36-28(35)25-19(4)30-29-33(26(25)21-9-7-20(8-10-21)18(2)3)27(34)23(38-29)17-22-11-12-24(37-22)32-15-13-31(5)14-16-32/h7-12,17-18,26H,6,13-16H2,1-5H3/t26-/m0/s1. The summed E-state index contributed by atoms with van der Waals surface area (Å²) in [5, 5.41) is 0. The van der Waals surface area contributed by atoms with Gasteiger partial charge in [0, 0.05) is 38.3 Å². The van der Waals surface area contributed by atoms with Gasteiger partial charge >= 0.3 is 5.97 Å². The fourth-order valence-electron chi connectivity index (χ4n) is 4.92. The number of allylic oxidation sites excluding steroid dienone is 1. The molecule has 3 aromatic rings. The van der Waals surface area contributed by atoms with Gasteiger partial charge in [-0.25, -0.2) is 9.79 Å². The summed E-state index contributed by atoms with van der Waals surface area (Å²) in [6, 6.07) is 11.3. The molecule has 0 amide bonds. The van der Waals surface area contributed by atoms with Crippen molar-refractivity contribution >= 4 is 29.3 Å². The van der Waals surface area contributed by atoms with Crippen LogP contribution in [-0.4, -0.2) is 55.3 Å². The van der Waals surface area contributed by atoms with Gasteiger partial charge in [0.15, 0.2) is 10.7 Å². The topological polar surface area (TPSA) is 80.3 Å². The number of furan rings is 1. The van der Waals surface area contributed by atoms with E-state index in [0.29, 0.717) is 32.3 Å². The van der Waals surface area contributed by atoms with Crippen LogP contribution in [0.25, 0.3) is 6.08 Å². The third-order valence-electron chi connectivity index (χ3n) is 7.14. The minimum absolute atomic E-state index is 0.210. The molecule has 38 heavy (non-hydrogen) atoms. The van der Waals surface area contributed by atoms with Crippen LogP contribution in [0.4, 0.5) is 5.88 Å². The van der Waals surface area contributed by atoms with E-state index in [4.69, 9.17) is 9.15 Å². The summed E-state index contributed by atoms with van der Waals surface area (Å²) in [6.07, 6.45) is 1.77. The smallest absolute Gasteiger partial charge is 0.338 e. The molecule has 0 bridgehead atoms. The molecule has 2 aliphatic heterocycles. The number of nitrogens with zero attached hydrogens (tertiary/aromatic N) is 4. The van der Waals surface area contributed by atoms with Gasteiger partial charge in [0.05, 0.1) is 28.5 Å². The van der Waals surface area contributed by atoms with Gasteiger partial charge in [-0.2, -0.15) is 0 Å². The van der Waals surface area contributed by atoms with Gasteiger partial charge in [-0.3, -0.25) is 9.36 Å². The summed E-state index contributed by atoms with van der Waals surface area (Å²) in [4.78, 5) is 36.6. The monoisotopic (exact) mass is 534 g/mol. The highest BCUT2D eigenvalue weighted by molar-refractivity contribution is 7.07. The van der Waals surface area contributed by atoms with E-state index in [1.807, 2.05) is 24.3 Å². The Kier molecular flexibility index (Phi) is 7.40. The number of rotatable bonds is 6. The van der Waals surface area contributed by atoms with Crippen molar-refractivity contribution in [3.05, 3.63) is 84.2 Å². The molecule has 2 aromatic heterocycles. The lowest BCUT2D eigenvalue weighted by Crippen LogP contribution is -2.44. The molecule has 0 spiro atoms. The summed E-state index contributed by atoms with van der Waals surface area (Å²) in [7, 11) is 2.12. The first kappa shape index (κ1) is 26.2. The zero-order valence-corrected chi connectivity index (χ0v) is 23.4. The van der Waals surface area contributed by atoms with E-state index in [1.165, 1.54) is 16.9 Å². The van der Waals surface area contributed by atoms with Crippen LogP contribution in [0.15, 0.2) is 61.9 Å². The molecule has 9 heteroatoms. The minimum atomic E-state index is -0.619. The van der Waals surface area contributed by atoms with Gasteiger partial charge in [-0.1, -0.05) is 49.4 Å². The van der Waals surface area contributed by atoms with Gasteiger partial charge in [-0.05, 0) is 44.0 Å². The average Bonchev–Trinajstić information content (AvgIpc) is 3.48. The number of carbonyl (C=O) groups excluding carboxylic acids is 1. The van der Waals surface area contributed by atoms with Crippen LogP contribution in [-0.2, 0) is 9.53 Å². The second-order valence-corrected chi connectivity index (χ2v) is 11.1. The highest BCUT2D eigenvalue weighted by Gasteiger charge is 2.33. The molecule has 5 rings (SSSR count). The number of likely N-dealkylation sites (N-methyl/N-ethyl adjacent to an activating group) is 1. The van der Waals surface area contributed by atoms with Crippen LogP contribution in [0.5, 0.6) is 0 Å². The molecular formula is C29H34N4O4S. The van der Waals surface area contributed by atoms with Crippen molar-refractivity contribution in [1.29, 1.82) is 0 Å². The molecule has 2 aliphatic rings. The number of benzene rings is 1. The van der Waals surface area contributed by atoms with Crippen molar-refractivity contribution in [3.8, 4) is 0 Å². The maximum absolute atomic E-state index is 13.8. The Morgan fingerprint density at radius 2 is 1.87 bits per heavy atom. The van der Waals surface area contributed by atoms with Crippen LogP contribution in [0, 0.1) is 0 Å². The summed E-state index contributed by atoms with van der Waals surface area (Å²) < 4.78 is 13.6. The predicted octanol–water partition coefficient (Wildman–Crippen LogP) is 3.27. The van der Waals surface area contributed by atoms with Crippen molar-refractivity contribution < 1.29 is 13.9 Å². The number of hydrogen-bond acceptors (Lipinski definition) is 8. The van der Waals surface area contributed by atoms with E-state index >= 15 is 0 Å². The zero-order chi connectivity index (χ0) is 27.0. The van der Waals surface area contributed by atoms with Crippen LogP contribution >= 0.6 is 11.3 Å². The Morgan fingerprint density at radius 1 is 1.16 bits per heavy atom. The molecular weight excluding hydrogens is 500 g/mol. The normalized spacial score (nSPS) is 18.6. The van der Waals surface area contributed by atoms with Crippen molar-refractivity contribution in [3.63, 3.8) is 0 Å². The number of fused-ring (bicyclic) bond motifs is 1. The molecule has 200 valence electrons. The first-order valence-corrected chi connectivity index (χ1v) is 13.9. The average molecular weight is 535 g/mol. The molecule has 4 heterocycles. The molecule has 1 atom stereocenters.